The zero-order valence-corrected chi connectivity index (χ0v) is 20.2. The summed E-state index contributed by atoms with van der Waals surface area (Å²) in [5.74, 6) is -2.41. The highest BCUT2D eigenvalue weighted by Crippen LogP contribution is 2.32. The minimum absolute atomic E-state index is 0.0477. The Morgan fingerprint density at radius 2 is 1.78 bits per heavy atom. The summed E-state index contributed by atoms with van der Waals surface area (Å²) in [6.07, 6.45) is 0.425. The van der Waals surface area contributed by atoms with Crippen molar-refractivity contribution in [1.29, 1.82) is 0 Å². The number of aryl methyl sites for hydroxylation is 1. The predicted octanol–water partition coefficient (Wildman–Crippen LogP) is 5.14. The quantitative estimate of drug-likeness (QED) is 0.454. The molecule has 1 aliphatic heterocycles. The molecule has 0 aromatic heterocycles. The molecule has 0 saturated heterocycles. The number of nitrogens with zero attached hydrogens (tertiary/aromatic N) is 2. The number of carbonyl (C=O) groups is 2. The van der Waals surface area contributed by atoms with E-state index in [2.05, 4.69) is 5.10 Å². The molecular formula is C28H27FN2O5. The highest BCUT2D eigenvalue weighted by atomic mass is 19.1. The van der Waals surface area contributed by atoms with Gasteiger partial charge < -0.3 is 14.9 Å². The van der Waals surface area contributed by atoms with Gasteiger partial charge in [0.15, 0.2) is 5.71 Å². The van der Waals surface area contributed by atoms with Crippen molar-refractivity contribution in [2.75, 3.05) is 12.1 Å². The molecule has 36 heavy (non-hydrogen) atoms. The van der Waals surface area contributed by atoms with Gasteiger partial charge in [0.2, 0.25) is 0 Å². The van der Waals surface area contributed by atoms with Crippen molar-refractivity contribution in [2.24, 2.45) is 11.0 Å². The summed E-state index contributed by atoms with van der Waals surface area (Å²) >= 11 is 0. The van der Waals surface area contributed by atoms with Crippen molar-refractivity contribution in [1.82, 2.24) is 0 Å². The van der Waals surface area contributed by atoms with Crippen LogP contribution in [0.15, 0.2) is 65.8 Å². The summed E-state index contributed by atoms with van der Waals surface area (Å²) in [6.45, 7) is 3.66. The fourth-order valence-electron chi connectivity index (χ4n) is 4.51. The second-order valence-corrected chi connectivity index (χ2v) is 8.92. The standard InChI is InChI=1S/C28H27FN2O5/c1-16-12-20(23-14-22(36-3)10-11-24(23)29)7-6-19(16)13-18-4-8-21(9-5-18)31-25(15-26(32)33)17(2)27(30-31)28(34)35/h4-12,14,17,25H,13,15H2,1-3H3,(H,32,33)(H,34,35). The van der Waals surface area contributed by atoms with E-state index in [9.17, 15) is 24.2 Å². The van der Waals surface area contributed by atoms with E-state index in [4.69, 9.17) is 4.74 Å². The minimum Gasteiger partial charge on any atom is -0.497 e. The molecule has 0 amide bonds. The Morgan fingerprint density at radius 3 is 2.39 bits per heavy atom. The molecule has 2 atom stereocenters. The molecule has 8 heteroatoms. The van der Waals surface area contributed by atoms with Gasteiger partial charge in [0.05, 0.1) is 25.3 Å². The molecule has 4 rings (SSSR count). The Labute approximate surface area is 208 Å². The Morgan fingerprint density at radius 1 is 1.06 bits per heavy atom. The van der Waals surface area contributed by atoms with Crippen LogP contribution in [0.3, 0.4) is 0 Å². The molecule has 3 aromatic rings. The smallest absolute Gasteiger partial charge is 0.352 e. The SMILES string of the molecule is COc1ccc(F)c(-c2ccc(Cc3ccc(N4N=C(C(=O)O)C(C)C4CC(=O)O)cc3)c(C)c2)c1. The van der Waals surface area contributed by atoms with Gasteiger partial charge in [0.1, 0.15) is 11.6 Å². The number of aliphatic carboxylic acids is 2. The van der Waals surface area contributed by atoms with Crippen LogP contribution in [0.1, 0.15) is 30.0 Å². The molecule has 0 fully saturated rings. The predicted molar refractivity (Wildman–Crippen MR) is 135 cm³/mol. The van der Waals surface area contributed by atoms with E-state index in [1.54, 1.807) is 26.2 Å². The highest BCUT2D eigenvalue weighted by molar-refractivity contribution is 6.37. The molecule has 1 heterocycles. The number of carboxylic acids is 2. The lowest BCUT2D eigenvalue weighted by Gasteiger charge is -2.25. The third kappa shape index (κ3) is 5.07. The first-order valence-electron chi connectivity index (χ1n) is 11.5. The Bertz CT molecular complexity index is 1340. The molecular weight excluding hydrogens is 463 g/mol. The van der Waals surface area contributed by atoms with Crippen LogP contribution in [0.4, 0.5) is 10.1 Å². The summed E-state index contributed by atoms with van der Waals surface area (Å²) in [6, 6.07) is 17.4. The van der Waals surface area contributed by atoms with E-state index < -0.39 is 23.9 Å². The van der Waals surface area contributed by atoms with Gasteiger partial charge in [0.25, 0.3) is 0 Å². The van der Waals surface area contributed by atoms with Crippen LogP contribution in [0.5, 0.6) is 5.75 Å². The monoisotopic (exact) mass is 490 g/mol. The van der Waals surface area contributed by atoms with Crippen molar-refractivity contribution < 1.29 is 28.9 Å². The second-order valence-electron chi connectivity index (χ2n) is 8.92. The molecule has 186 valence electrons. The highest BCUT2D eigenvalue weighted by Gasteiger charge is 2.39. The van der Waals surface area contributed by atoms with Crippen LogP contribution in [0, 0.1) is 18.7 Å². The second kappa shape index (κ2) is 10.2. The van der Waals surface area contributed by atoms with Gasteiger partial charge in [-0.2, -0.15) is 5.10 Å². The number of methoxy groups -OCH3 is 1. The summed E-state index contributed by atoms with van der Waals surface area (Å²) < 4.78 is 19.6. The molecule has 2 N–H and O–H groups in total. The van der Waals surface area contributed by atoms with Crippen LogP contribution in [0.2, 0.25) is 0 Å². The lowest BCUT2D eigenvalue weighted by Crippen LogP contribution is -2.35. The molecule has 0 aliphatic carbocycles. The van der Waals surface area contributed by atoms with Gasteiger partial charge in [0, 0.05) is 11.5 Å². The van der Waals surface area contributed by atoms with Crippen molar-refractivity contribution in [2.45, 2.75) is 32.7 Å². The average molecular weight is 491 g/mol. The first kappa shape index (κ1) is 24.9. The minimum atomic E-state index is -1.15. The molecule has 3 aromatic carbocycles. The number of halogens is 1. The van der Waals surface area contributed by atoms with Crippen molar-refractivity contribution >= 4 is 23.3 Å². The summed E-state index contributed by atoms with van der Waals surface area (Å²) in [5, 5.41) is 24.4. The number of rotatable bonds is 8. The number of hydrogen-bond acceptors (Lipinski definition) is 5. The molecule has 1 aliphatic rings. The Balaban J connectivity index is 1.55. The zero-order chi connectivity index (χ0) is 26.0. The third-order valence-corrected chi connectivity index (χ3v) is 6.56. The van der Waals surface area contributed by atoms with E-state index in [0.717, 1.165) is 22.3 Å². The summed E-state index contributed by atoms with van der Waals surface area (Å²) in [4.78, 5) is 22.9. The topological polar surface area (TPSA) is 99.4 Å². The van der Waals surface area contributed by atoms with Crippen LogP contribution in [-0.4, -0.2) is 41.0 Å². The van der Waals surface area contributed by atoms with Gasteiger partial charge in [-0.25, -0.2) is 9.18 Å². The summed E-state index contributed by atoms with van der Waals surface area (Å²) in [5.41, 5.74) is 4.95. The first-order chi connectivity index (χ1) is 17.2. The van der Waals surface area contributed by atoms with Crippen molar-refractivity contribution in [3.8, 4) is 16.9 Å². The van der Waals surface area contributed by atoms with E-state index in [0.29, 0.717) is 23.4 Å². The number of hydrogen-bond donors (Lipinski definition) is 2. The maximum Gasteiger partial charge on any atom is 0.352 e. The fraction of sp³-hybridized carbons (Fsp3) is 0.250. The molecule has 0 radical (unpaired) electrons. The van der Waals surface area contributed by atoms with E-state index >= 15 is 0 Å². The summed E-state index contributed by atoms with van der Waals surface area (Å²) in [7, 11) is 1.55. The van der Waals surface area contributed by atoms with Gasteiger partial charge in [-0.1, -0.05) is 37.3 Å². The van der Waals surface area contributed by atoms with E-state index in [-0.39, 0.29) is 17.9 Å². The normalized spacial score (nSPS) is 17.1. The molecule has 0 saturated carbocycles. The zero-order valence-electron chi connectivity index (χ0n) is 20.2. The van der Waals surface area contributed by atoms with Crippen LogP contribution in [-0.2, 0) is 16.0 Å². The fourth-order valence-corrected chi connectivity index (χ4v) is 4.51. The largest absolute Gasteiger partial charge is 0.497 e. The maximum absolute atomic E-state index is 14.4. The lowest BCUT2D eigenvalue weighted by atomic mass is 9.94. The number of anilines is 1. The van der Waals surface area contributed by atoms with Crippen LogP contribution in [0.25, 0.3) is 11.1 Å². The molecule has 2 unspecified atom stereocenters. The number of carboxylic acid groups (broad SMARTS) is 2. The van der Waals surface area contributed by atoms with Gasteiger partial charge >= 0.3 is 11.9 Å². The Hall–Kier alpha value is -4.20. The average Bonchev–Trinajstić information content (AvgIpc) is 3.17. The first-order valence-corrected chi connectivity index (χ1v) is 11.5. The van der Waals surface area contributed by atoms with Crippen LogP contribution < -0.4 is 9.75 Å². The lowest BCUT2D eigenvalue weighted by molar-refractivity contribution is -0.137. The molecule has 0 spiro atoms. The van der Waals surface area contributed by atoms with Gasteiger partial charge in [-0.3, -0.25) is 9.80 Å². The van der Waals surface area contributed by atoms with E-state index in [1.165, 1.54) is 11.1 Å². The third-order valence-electron chi connectivity index (χ3n) is 6.56. The number of ether oxygens (including phenoxy) is 1. The molecule has 0 bridgehead atoms. The number of benzene rings is 3. The Kier molecular flexibility index (Phi) is 7.05. The van der Waals surface area contributed by atoms with E-state index in [1.807, 2.05) is 49.4 Å². The maximum atomic E-state index is 14.4. The van der Waals surface area contributed by atoms with Gasteiger partial charge in [-0.15, -0.1) is 0 Å². The van der Waals surface area contributed by atoms with Gasteiger partial charge in [-0.05, 0) is 65.9 Å². The number of hydrazone groups is 1. The molecule has 7 nitrogen and oxygen atoms in total. The van der Waals surface area contributed by atoms with Crippen molar-refractivity contribution in [3.05, 3.63) is 83.2 Å². The van der Waals surface area contributed by atoms with Crippen LogP contribution >= 0.6 is 0 Å². The van der Waals surface area contributed by atoms with Crippen molar-refractivity contribution in [3.63, 3.8) is 0 Å².